The quantitative estimate of drug-likeness (QED) is 0.592. The van der Waals surface area contributed by atoms with Crippen molar-refractivity contribution in [1.29, 1.82) is 0 Å². The number of carbonyl (C=O) groups excluding carboxylic acids is 2. The summed E-state index contributed by atoms with van der Waals surface area (Å²) in [6.45, 7) is 0.310. The Morgan fingerprint density at radius 1 is 1.33 bits per heavy atom. The molecule has 0 bridgehead atoms. The van der Waals surface area contributed by atoms with Crippen molar-refractivity contribution in [2.45, 2.75) is 17.8 Å². The Bertz CT molecular complexity index is 929. The smallest absolute Gasteiger partial charge is 0.352 e. The summed E-state index contributed by atoms with van der Waals surface area (Å²) in [5.74, 6) is -2.19. The number of carboxylic acids is 1. The van der Waals surface area contributed by atoms with Crippen molar-refractivity contribution in [1.82, 2.24) is 4.90 Å². The molecule has 0 aliphatic carbocycles. The largest absolute Gasteiger partial charge is 0.477 e. The van der Waals surface area contributed by atoms with E-state index in [-0.39, 0.29) is 22.7 Å². The maximum Gasteiger partial charge on any atom is 0.352 e. The van der Waals surface area contributed by atoms with Gasteiger partial charge in [0.15, 0.2) is 0 Å². The summed E-state index contributed by atoms with van der Waals surface area (Å²) < 4.78 is 14.0. The number of benzene rings is 1. The normalized spacial score (nSPS) is 26.5. The number of aliphatic carboxylic acids is 1. The van der Waals surface area contributed by atoms with E-state index in [1.165, 1.54) is 39.8 Å². The molecule has 3 aliphatic rings. The number of thioether (sulfide) groups is 1. The monoisotopic (exact) mass is 389 g/mol. The fourth-order valence-electron chi connectivity index (χ4n) is 3.51. The molecule has 2 atom stereocenters. The molecule has 9 heteroatoms. The average molecular weight is 389 g/mol. The summed E-state index contributed by atoms with van der Waals surface area (Å²) in [5.41, 5.74) is 6.58. The van der Waals surface area contributed by atoms with Crippen LogP contribution in [0.5, 0.6) is 0 Å². The number of anilines is 1. The lowest BCUT2D eigenvalue weighted by molar-refractivity contribution is -0.147. The van der Waals surface area contributed by atoms with Crippen LogP contribution in [0.1, 0.15) is 6.42 Å². The van der Waals surface area contributed by atoms with Gasteiger partial charge in [0, 0.05) is 17.9 Å². The number of carboxylic acid groups (broad SMARTS) is 1. The molecule has 1 aromatic carbocycles. The first-order valence-electron chi connectivity index (χ1n) is 8.34. The van der Waals surface area contributed by atoms with E-state index in [0.29, 0.717) is 29.9 Å². The number of halogens is 1. The standard InChI is InChI=1S/C18H16FN3O4S/c19-11-3-1-2-4-12(11)21-6-5-9(15(21)23)7-10-8-27-17-13(20)16(24)22(17)14(10)18(25)26/h1-4,7,13,17H,5-6,8,20H2,(H,25,26)/t13-,17-/m1/s1. The third-order valence-corrected chi connectivity index (χ3v) is 6.18. The number of rotatable bonds is 3. The number of β-lactam (4-membered cyclic amide) rings is 1. The van der Waals surface area contributed by atoms with Crippen LogP contribution in [-0.2, 0) is 14.4 Å². The van der Waals surface area contributed by atoms with Crippen LogP contribution in [0.3, 0.4) is 0 Å². The Morgan fingerprint density at radius 2 is 2.07 bits per heavy atom. The maximum absolute atomic E-state index is 14.0. The minimum absolute atomic E-state index is 0.130. The fraction of sp³-hybridized carbons (Fsp3) is 0.278. The number of hydrogen-bond donors (Lipinski definition) is 2. The molecule has 140 valence electrons. The first-order valence-corrected chi connectivity index (χ1v) is 9.38. The third-order valence-electron chi connectivity index (χ3n) is 4.86. The molecule has 7 nitrogen and oxygen atoms in total. The van der Waals surface area contributed by atoms with E-state index >= 15 is 0 Å². The van der Waals surface area contributed by atoms with Gasteiger partial charge in [-0.3, -0.25) is 14.5 Å². The zero-order valence-corrected chi connectivity index (χ0v) is 14.9. The minimum atomic E-state index is -1.23. The summed E-state index contributed by atoms with van der Waals surface area (Å²) in [4.78, 5) is 38.9. The van der Waals surface area contributed by atoms with Crippen molar-refractivity contribution in [2.24, 2.45) is 5.73 Å². The Kier molecular flexibility index (Phi) is 4.27. The van der Waals surface area contributed by atoms with E-state index in [1.807, 2.05) is 0 Å². The Balaban J connectivity index is 1.67. The van der Waals surface area contributed by atoms with Gasteiger partial charge < -0.3 is 15.7 Å². The zero-order valence-electron chi connectivity index (χ0n) is 14.1. The number of nitrogens with zero attached hydrogens (tertiary/aromatic N) is 2. The average Bonchev–Trinajstić information content (AvgIpc) is 3.01. The van der Waals surface area contributed by atoms with Crippen LogP contribution in [0.15, 0.2) is 47.2 Å². The highest BCUT2D eigenvalue weighted by atomic mass is 32.2. The summed E-state index contributed by atoms with van der Waals surface area (Å²) in [7, 11) is 0. The molecule has 4 rings (SSSR count). The molecule has 0 unspecified atom stereocenters. The molecule has 2 amide bonds. The van der Waals surface area contributed by atoms with E-state index in [1.54, 1.807) is 12.1 Å². The SMILES string of the molecule is N[C@@H]1C(=O)N2C(C(=O)O)=C(C=C3CCN(c4ccccc4F)C3=O)CS[C@H]12. The second kappa shape index (κ2) is 6.50. The summed E-state index contributed by atoms with van der Waals surface area (Å²) in [5, 5.41) is 9.18. The highest BCUT2D eigenvalue weighted by Crippen LogP contribution is 2.40. The van der Waals surface area contributed by atoms with Crippen molar-refractivity contribution in [3.63, 3.8) is 0 Å². The summed E-state index contributed by atoms with van der Waals surface area (Å²) in [6.07, 6.45) is 1.89. The van der Waals surface area contributed by atoms with Gasteiger partial charge in [-0.1, -0.05) is 12.1 Å². The molecule has 2 fully saturated rings. The molecule has 0 aromatic heterocycles. The molecule has 2 saturated heterocycles. The lowest BCUT2D eigenvalue weighted by Crippen LogP contribution is -2.68. The molecule has 0 spiro atoms. The molecule has 3 aliphatic heterocycles. The van der Waals surface area contributed by atoms with E-state index < -0.39 is 23.7 Å². The number of fused-ring (bicyclic) bond motifs is 1. The van der Waals surface area contributed by atoms with Crippen LogP contribution < -0.4 is 10.6 Å². The molecule has 3 heterocycles. The Morgan fingerprint density at radius 3 is 2.78 bits per heavy atom. The Labute approximate surface area is 158 Å². The van der Waals surface area contributed by atoms with Crippen LogP contribution in [0.25, 0.3) is 0 Å². The number of hydrogen-bond acceptors (Lipinski definition) is 5. The van der Waals surface area contributed by atoms with E-state index in [0.717, 1.165) is 0 Å². The maximum atomic E-state index is 14.0. The van der Waals surface area contributed by atoms with Gasteiger partial charge >= 0.3 is 5.97 Å². The third kappa shape index (κ3) is 2.74. The van der Waals surface area contributed by atoms with Gasteiger partial charge in [-0.15, -0.1) is 11.8 Å². The molecular weight excluding hydrogens is 373 g/mol. The highest BCUT2D eigenvalue weighted by molar-refractivity contribution is 8.00. The molecule has 1 aromatic rings. The van der Waals surface area contributed by atoms with E-state index in [9.17, 15) is 23.9 Å². The van der Waals surface area contributed by atoms with Gasteiger partial charge in [0.1, 0.15) is 22.9 Å². The van der Waals surface area contributed by atoms with Gasteiger partial charge in [0.2, 0.25) is 5.91 Å². The number of allylic oxidation sites excluding steroid dienone is 1. The van der Waals surface area contributed by atoms with Gasteiger partial charge in [0.05, 0.1) is 5.69 Å². The second-order valence-electron chi connectivity index (χ2n) is 6.44. The van der Waals surface area contributed by atoms with Crippen LogP contribution >= 0.6 is 11.8 Å². The lowest BCUT2D eigenvalue weighted by Gasteiger charge is -2.47. The van der Waals surface area contributed by atoms with E-state index in [4.69, 9.17) is 5.73 Å². The molecular formula is C18H16FN3O4S. The first-order chi connectivity index (χ1) is 12.9. The van der Waals surface area contributed by atoms with Crippen molar-refractivity contribution in [3.8, 4) is 0 Å². The van der Waals surface area contributed by atoms with Gasteiger partial charge in [0.25, 0.3) is 5.91 Å². The minimum Gasteiger partial charge on any atom is -0.477 e. The zero-order chi connectivity index (χ0) is 19.3. The van der Waals surface area contributed by atoms with Crippen molar-refractivity contribution in [3.05, 3.63) is 53.0 Å². The van der Waals surface area contributed by atoms with Crippen molar-refractivity contribution < 1.29 is 23.9 Å². The number of carbonyl (C=O) groups is 3. The highest BCUT2D eigenvalue weighted by Gasteiger charge is 2.51. The van der Waals surface area contributed by atoms with Crippen LogP contribution in [-0.4, -0.2) is 51.5 Å². The van der Waals surface area contributed by atoms with Crippen molar-refractivity contribution in [2.75, 3.05) is 17.2 Å². The number of nitrogens with two attached hydrogens (primary N) is 1. The number of amides is 2. The molecule has 27 heavy (non-hydrogen) atoms. The van der Waals surface area contributed by atoms with Crippen LogP contribution in [0, 0.1) is 5.82 Å². The van der Waals surface area contributed by atoms with Gasteiger partial charge in [-0.2, -0.15) is 0 Å². The molecule has 0 radical (unpaired) electrons. The molecule has 3 N–H and O–H groups in total. The van der Waals surface area contributed by atoms with Crippen LogP contribution in [0.2, 0.25) is 0 Å². The first kappa shape index (κ1) is 17.7. The van der Waals surface area contributed by atoms with Gasteiger partial charge in [-0.25, -0.2) is 9.18 Å². The Hall–Kier alpha value is -2.65. The topological polar surface area (TPSA) is 104 Å². The number of para-hydroxylation sites is 1. The lowest BCUT2D eigenvalue weighted by atomic mass is 10.0. The molecule has 0 saturated carbocycles. The summed E-state index contributed by atoms with van der Waals surface area (Å²) >= 11 is 1.37. The van der Waals surface area contributed by atoms with E-state index in [2.05, 4.69) is 0 Å². The predicted molar refractivity (Wildman–Crippen MR) is 97.2 cm³/mol. The second-order valence-corrected chi connectivity index (χ2v) is 7.55. The van der Waals surface area contributed by atoms with Crippen molar-refractivity contribution >= 4 is 35.2 Å². The fourth-order valence-corrected chi connectivity index (χ4v) is 4.76. The van der Waals surface area contributed by atoms with Gasteiger partial charge in [-0.05, 0) is 30.2 Å². The van der Waals surface area contributed by atoms with Crippen LogP contribution in [0.4, 0.5) is 10.1 Å². The summed E-state index contributed by atoms with van der Waals surface area (Å²) in [6, 6.07) is 5.30. The predicted octanol–water partition coefficient (Wildman–Crippen LogP) is 1.07.